The van der Waals surface area contributed by atoms with Gasteiger partial charge in [-0.25, -0.2) is 0 Å². The second kappa shape index (κ2) is 11.6. The number of hydrogen-bond donors (Lipinski definition) is 1. The average Bonchev–Trinajstić information content (AvgIpc) is 2.75. The highest BCUT2D eigenvalue weighted by Crippen LogP contribution is 2.38. The maximum atomic E-state index is 12.9. The summed E-state index contributed by atoms with van der Waals surface area (Å²) in [4.78, 5) is 39.3. The predicted molar refractivity (Wildman–Crippen MR) is 114 cm³/mol. The zero-order valence-corrected chi connectivity index (χ0v) is 18.5. The van der Waals surface area contributed by atoms with Crippen LogP contribution in [0.5, 0.6) is 5.75 Å². The molecule has 1 aliphatic heterocycles. The van der Waals surface area contributed by atoms with Crippen LogP contribution in [-0.4, -0.2) is 49.5 Å². The van der Waals surface area contributed by atoms with E-state index in [1.165, 1.54) is 0 Å². The van der Waals surface area contributed by atoms with E-state index in [0.29, 0.717) is 37.6 Å². The van der Waals surface area contributed by atoms with Crippen LogP contribution >= 0.6 is 0 Å². The number of ether oxygens (including phenoxy) is 2. The van der Waals surface area contributed by atoms with Gasteiger partial charge in [0.25, 0.3) is 5.91 Å². The SMILES string of the molecule is CCCCN1C(=O)CC[C@H](C(=O)OCC(=O)NCC(C)C)[C@@H]1c1ccc(OC)cc1. The molecule has 0 unspecified atom stereocenters. The number of likely N-dealkylation sites (tertiary alicyclic amines) is 1. The molecular weight excluding hydrogens is 384 g/mol. The molecule has 0 radical (unpaired) electrons. The first-order valence-electron chi connectivity index (χ1n) is 10.7. The van der Waals surface area contributed by atoms with Crippen LogP contribution < -0.4 is 10.1 Å². The van der Waals surface area contributed by atoms with E-state index in [0.717, 1.165) is 18.4 Å². The molecule has 1 saturated heterocycles. The van der Waals surface area contributed by atoms with Crippen LogP contribution in [0.1, 0.15) is 58.1 Å². The van der Waals surface area contributed by atoms with Crippen molar-refractivity contribution < 1.29 is 23.9 Å². The third kappa shape index (κ3) is 6.47. The van der Waals surface area contributed by atoms with Crippen molar-refractivity contribution in [2.75, 3.05) is 26.8 Å². The Morgan fingerprint density at radius 3 is 2.53 bits per heavy atom. The number of carbonyl (C=O) groups excluding carboxylic acids is 3. The van der Waals surface area contributed by atoms with Crippen molar-refractivity contribution in [2.24, 2.45) is 11.8 Å². The predicted octanol–water partition coefficient (Wildman–Crippen LogP) is 3.09. The van der Waals surface area contributed by atoms with Crippen molar-refractivity contribution in [2.45, 2.75) is 52.5 Å². The fourth-order valence-corrected chi connectivity index (χ4v) is 3.62. The highest BCUT2D eigenvalue weighted by atomic mass is 16.5. The number of piperidine rings is 1. The molecule has 1 aliphatic rings. The zero-order valence-electron chi connectivity index (χ0n) is 18.5. The van der Waals surface area contributed by atoms with E-state index in [9.17, 15) is 14.4 Å². The van der Waals surface area contributed by atoms with E-state index >= 15 is 0 Å². The third-order valence-electron chi connectivity index (χ3n) is 5.27. The van der Waals surface area contributed by atoms with Crippen LogP contribution in [0.3, 0.4) is 0 Å². The Morgan fingerprint density at radius 2 is 1.93 bits per heavy atom. The van der Waals surface area contributed by atoms with Crippen LogP contribution in [0.4, 0.5) is 0 Å². The van der Waals surface area contributed by atoms with Crippen LogP contribution in [-0.2, 0) is 19.1 Å². The molecule has 0 saturated carbocycles. The molecule has 2 amide bonds. The van der Waals surface area contributed by atoms with E-state index in [1.54, 1.807) is 12.0 Å². The summed E-state index contributed by atoms with van der Waals surface area (Å²) in [6.45, 7) is 6.88. The standard InChI is InChI=1S/C23H34N2O5/c1-5-6-13-25-21(27)12-11-19(22(25)17-7-9-18(29-4)10-8-17)23(28)30-15-20(26)24-14-16(2)3/h7-10,16,19,22H,5-6,11-15H2,1-4H3,(H,24,26)/t19-,22-/m0/s1. The summed E-state index contributed by atoms with van der Waals surface area (Å²) in [5.41, 5.74) is 0.867. The summed E-state index contributed by atoms with van der Waals surface area (Å²) in [5.74, 6) is -0.186. The van der Waals surface area contributed by atoms with E-state index in [2.05, 4.69) is 12.2 Å². The summed E-state index contributed by atoms with van der Waals surface area (Å²) in [6, 6.07) is 7.02. The summed E-state index contributed by atoms with van der Waals surface area (Å²) in [7, 11) is 1.59. The fourth-order valence-electron chi connectivity index (χ4n) is 3.62. The summed E-state index contributed by atoms with van der Waals surface area (Å²) in [5, 5.41) is 2.75. The molecule has 166 valence electrons. The van der Waals surface area contributed by atoms with Crippen molar-refractivity contribution in [3.8, 4) is 5.75 Å². The Balaban J connectivity index is 2.17. The van der Waals surface area contributed by atoms with Gasteiger partial charge in [0, 0.05) is 19.5 Å². The minimum absolute atomic E-state index is 0.0444. The molecule has 1 aromatic rings. The quantitative estimate of drug-likeness (QED) is 0.590. The molecule has 1 fully saturated rings. The maximum Gasteiger partial charge on any atom is 0.311 e. The number of nitrogens with zero attached hydrogens (tertiary/aromatic N) is 1. The van der Waals surface area contributed by atoms with Gasteiger partial charge < -0.3 is 19.7 Å². The number of carbonyl (C=O) groups is 3. The van der Waals surface area contributed by atoms with Crippen molar-refractivity contribution in [1.82, 2.24) is 10.2 Å². The molecule has 1 N–H and O–H groups in total. The van der Waals surface area contributed by atoms with Crippen molar-refractivity contribution in [3.63, 3.8) is 0 Å². The van der Waals surface area contributed by atoms with E-state index in [-0.39, 0.29) is 18.4 Å². The van der Waals surface area contributed by atoms with E-state index < -0.39 is 17.9 Å². The lowest BCUT2D eigenvalue weighted by atomic mass is 9.84. The minimum Gasteiger partial charge on any atom is -0.497 e. The summed E-state index contributed by atoms with van der Waals surface area (Å²) in [6.07, 6.45) is 2.52. The molecule has 2 rings (SSSR count). The number of methoxy groups -OCH3 is 1. The first-order chi connectivity index (χ1) is 14.4. The number of nitrogens with one attached hydrogen (secondary N) is 1. The van der Waals surface area contributed by atoms with Gasteiger partial charge in [0.2, 0.25) is 5.91 Å². The van der Waals surface area contributed by atoms with Crippen LogP contribution in [0.15, 0.2) is 24.3 Å². The van der Waals surface area contributed by atoms with Gasteiger partial charge in [-0.15, -0.1) is 0 Å². The normalized spacial score (nSPS) is 19.0. The van der Waals surface area contributed by atoms with Gasteiger partial charge in [-0.3, -0.25) is 14.4 Å². The highest BCUT2D eigenvalue weighted by Gasteiger charge is 2.41. The van der Waals surface area contributed by atoms with E-state index in [4.69, 9.17) is 9.47 Å². The fraction of sp³-hybridized carbons (Fsp3) is 0.609. The maximum absolute atomic E-state index is 12.9. The number of hydrogen-bond acceptors (Lipinski definition) is 5. The Hall–Kier alpha value is -2.57. The Bertz CT molecular complexity index is 717. The molecule has 1 heterocycles. The second-order valence-corrected chi connectivity index (χ2v) is 8.11. The molecule has 30 heavy (non-hydrogen) atoms. The van der Waals surface area contributed by atoms with Gasteiger partial charge in [-0.2, -0.15) is 0 Å². The number of rotatable bonds is 10. The van der Waals surface area contributed by atoms with Gasteiger partial charge in [0.05, 0.1) is 19.1 Å². The largest absolute Gasteiger partial charge is 0.497 e. The smallest absolute Gasteiger partial charge is 0.311 e. The lowest BCUT2D eigenvalue weighted by Crippen LogP contribution is -2.46. The molecule has 2 atom stereocenters. The first-order valence-corrected chi connectivity index (χ1v) is 10.7. The van der Waals surface area contributed by atoms with Crippen molar-refractivity contribution in [3.05, 3.63) is 29.8 Å². The van der Waals surface area contributed by atoms with Gasteiger partial charge in [0.1, 0.15) is 5.75 Å². The Morgan fingerprint density at radius 1 is 1.23 bits per heavy atom. The van der Waals surface area contributed by atoms with Gasteiger partial charge in [-0.1, -0.05) is 39.3 Å². The van der Waals surface area contributed by atoms with Crippen molar-refractivity contribution in [1.29, 1.82) is 0 Å². The molecule has 7 heteroatoms. The van der Waals surface area contributed by atoms with Crippen LogP contribution in [0.25, 0.3) is 0 Å². The molecular formula is C23H34N2O5. The Kier molecular flexibility index (Phi) is 9.15. The molecule has 0 bridgehead atoms. The molecule has 0 aliphatic carbocycles. The zero-order chi connectivity index (χ0) is 22.1. The third-order valence-corrected chi connectivity index (χ3v) is 5.27. The molecule has 0 aromatic heterocycles. The van der Waals surface area contributed by atoms with Crippen molar-refractivity contribution >= 4 is 17.8 Å². The van der Waals surface area contributed by atoms with Gasteiger partial charge in [0.15, 0.2) is 6.61 Å². The highest BCUT2D eigenvalue weighted by molar-refractivity contribution is 5.84. The van der Waals surface area contributed by atoms with E-state index in [1.807, 2.05) is 38.1 Å². The van der Waals surface area contributed by atoms with Gasteiger partial charge in [-0.05, 0) is 36.5 Å². The molecule has 0 spiro atoms. The lowest BCUT2D eigenvalue weighted by molar-refractivity contribution is -0.159. The number of amides is 2. The lowest BCUT2D eigenvalue weighted by Gasteiger charge is -2.40. The first kappa shape index (κ1) is 23.7. The molecule has 1 aromatic carbocycles. The Labute approximate surface area is 179 Å². The summed E-state index contributed by atoms with van der Waals surface area (Å²) < 4.78 is 10.6. The monoisotopic (exact) mass is 418 g/mol. The number of benzene rings is 1. The van der Waals surface area contributed by atoms with Crippen LogP contribution in [0.2, 0.25) is 0 Å². The molecule has 7 nitrogen and oxygen atoms in total. The van der Waals surface area contributed by atoms with Crippen LogP contribution in [0, 0.1) is 11.8 Å². The summed E-state index contributed by atoms with van der Waals surface area (Å²) >= 11 is 0. The van der Waals surface area contributed by atoms with Gasteiger partial charge >= 0.3 is 5.97 Å². The minimum atomic E-state index is -0.508. The topological polar surface area (TPSA) is 84.9 Å². The average molecular weight is 419 g/mol. The number of esters is 1. The number of unbranched alkanes of at least 4 members (excludes halogenated alkanes) is 1. The second-order valence-electron chi connectivity index (χ2n) is 8.11.